The maximum absolute atomic E-state index is 11.4. The molecule has 3 amide bonds. The fraction of sp³-hybridized carbons (Fsp3) is 0.182. The van der Waals surface area contributed by atoms with Crippen molar-refractivity contribution in [2.45, 2.75) is 13.0 Å². The van der Waals surface area contributed by atoms with Crippen LogP contribution < -0.4 is 16.4 Å². The molecular weight excluding hydrogens is 220 g/mol. The number of benzene rings is 1. The van der Waals surface area contributed by atoms with E-state index < -0.39 is 18.0 Å². The Morgan fingerprint density at radius 2 is 1.94 bits per heavy atom. The number of hydrogen-bond donors (Lipinski definition) is 3. The Hall–Kier alpha value is -2.55. The van der Waals surface area contributed by atoms with Gasteiger partial charge < -0.3 is 16.4 Å². The second-order valence-electron chi connectivity index (χ2n) is 3.41. The molecule has 1 aromatic carbocycles. The zero-order chi connectivity index (χ0) is 12.8. The van der Waals surface area contributed by atoms with E-state index >= 15 is 0 Å². The van der Waals surface area contributed by atoms with Crippen molar-refractivity contribution < 1.29 is 9.59 Å². The first-order valence-corrected chi connectivity index (χ1v) is 4.90. The first-order chi connectivity index (χ1) is 8.02. The monoisotopic (exact) mass is 232 g/mol. The Labute approximate surface area is 98.4 Å². The van der Waals surface area contributed by atoms with Crippen molar-refractivity contribution in [3.8, 4) is 6.07 Å². The van der Waals surface area contributed by atoms with E-state index in [2.05, 4.69) is 10.6 Å². The van der Waals surface area contributed by atoms with E-state index in [9.17, 15) is 9.59 Å². The third kappa shape index (κ3) is 3.83. The first kappa shape index (κ1) is 12.5. The molecule has 0 fully saturated rings. The SMILES string of the molecule is CC(NC(=O)Nc1ccc(C#N)cc1)C(N)=O. The van der Waals surface area contributed by atoms with Gasteiger partial charge in [0.1, 0.15) is 6.04 Å². The van der Waals surface area contributed by atoms with Crippen LogP contribution in [-0.4, -0.2) is 18.0 Å². The molecule has 88 valence electrons. The van der Waals surface area contributed by atoms with Crippen molar-refractivity contribution in [2.24, 2.45) is 5.73 Å². The normalized spacial score (nSPS) is 11.1. The fourth-order valence-corrected chi connectivity index (χ4v) is 1.06. The van der Waals surface area contributed by atoms with Crippen LogP contribution in [0.2, 0.25) is 0 Å². The van der Waals surface area contributed by atoms with Crippen LogP contribution in [0.4, 0.5) is 10.5 Å². The van der Waals surface area contributed by atoms with E-state index in [0.717, 1.165) is 0 Å². The van der Waals surface area contributed by atoms with Crippen molar-refractivity contribution in [3.05, 3.63) is 29.8 Å². The summed E-state index contributed by atoms with van der Waals surface area (Å²) in [6, 6.07) is 7.03. The quantitative estimate of drug-likeness (QED) is 0.708. The van der Waals surface area contributed by atoms with Gasteiger partial charge >= 0.3 is 6.03 Å². The standard InChI is InChI=1S/C11H12N4O2/c1-7(10(13)16)14-11(17)15-9-4-2-8(6-12)3-5-9/h2-5,7H,1H3,(H2,13,16)(H2,14,15,17). The lowest BCUT2D eigenvalue weighted by Gasteiger charge is -2.11. The molecule has 0 radical (unpaired) electrons. The molecular formula is C11H12N4O2. The number of nitrogens with zero attached hydrogens (tertiary/aromatic N) is 1. The molecule has 0 spiro atoms. The highest BCUT2D eigenvalue weighted by Crippen LogP contribution is 2.08. The summed E-state index contributed by atoms with van der Waals surface area (Å²) in [5.74, 6) is -0.611. The van der Waals surface area contributed by atoms with Crippen LogP contribution >= 0.6 is 0 Å². The number of carbonyl (C=O) groups excluding carboxylic acids is 2. The summed E-state index contributed by atoms with van der Waals surface area (Å²) in [5.41, 5.74) is 6.03. The Morgan fingerprint density at radius 3 is 2.41 bits per heavy atom. The van der Waals surface area contributed by atoms with Gasteiger partial charge in [0.05, 0.1) is 11.6 Å². The van der Waals surface area contributed by atoms with E-state index in [1.165, 1.54) is 6.92 Å². The summed E-state index contributed by atoms with van der Waals surface area (Å²) in [6.07, 6.45) is 0. The third-order valence-corrected chi connectivity index (χ3v) is 2.05. The highest BCUT2D eigenvalue weighted by Gasteiger charge is 2.11. The average molecular weight is 232 g/mol. The van der Waals surface area contributed by atoms with Crippen LogP contribution in [0, 0.1) is 11.3 Å². The largest absolute Gasteiger partial charge is 0.368 e. The molecule has 6 heteroatoms. The van der Waals surface area contributed by atoms with E-state index in [-0.39, 0.29) is 0 Å². The lowest BCUT2D eigenvalue weighted by Crippen LogP contribution is -2.44. The number of amides is 3. The molecule has 0 aromatic heterocycles. The molecule has 1 atom stereocenters. The van der Waals surface area contributed by atoms with Gasteiger partial charge in [-0.3, -0.25) is 4.79 Å². The van der Waals surface area contributed by atoms with Crippen molar-refractivity contribution in [2.75, 3.05) is 5.32 Å². The second kappa shape index (κ2) is 5.51. The van der Waals surface area contributed by atoms with Crippen molar-refractivity contribution in [3.63, 3.8) is 0 Å². The molecule has 0 heterocycles. The fourth-order valence-electron chi connectivity index (χ4n) is 1.06. The van der Waals surface area contributed by atoms with Gasteiger partial charge in [-0.05, 0) is 31.2 Å². The number of rotatable bonds is 3. The predicted molar refractivity (Wildman–Crippen MR) is 62.0 cm³/mol. The summed E-state index contributed by atoms with van der Waals surface area (Å²) >= 11 is 0. The number of hydrogen-bond acceptors (Lipinski definition) is 3. The topological polar surface area (TPSA) is 108 Å². The third-order valence-electron chi connectivity index (χ3n) is 2.05. The number of primary amides is 1. The molecule has 4 N–H and O–H groups in total. The first-order valence-electron chi connectivity index (χ1n) is 4.90. The lowest BCUT2D eigenvalue weighted by molar-refractivity contribution is -0.119. The van der Waals surface area contributed by atoms with Crippen LogP contribution in [0.15, 0.2) is 24.3 Å². The van der Waals surface area contributed by atoms with E-state index in [1.54, 1.807) is 24.3 Å². The Kier molecular flexibility index (Phi) is 4.06. The summed E-state index contributed by atoms with van der Waals surface area (Å²) in [5, 5.41) is 13.5. The van der Waals surface area contributed by atoms with E-state index in [0.29, 0.717) is 11.3 Å². The van der Waals surface area contributed by atoms with Gasteiger partial charge in [0.25, 0.3) is 0 Å². The Balaban J connectivity index is 2.56. The minimum Gasteiger partial charge on any atom is -0.368 e. The van der Waals surface area contributed by atoms with Crippen LogP contribution in [-0.2, 0) is 4.79 Å². The lowest BCUT2D eigenvalue weighted by atomic mass is 10.2. The predicted octanol–water partition coefficient (Wildman–Crippen LogP) is 0.554. The summed E-state index contributed by atoms with van der Waals surface area (Å²) in [6.45, 7) is 1.49. The van der Waals surface area contributed by atoms with Gasteiger partial charge in [-0.25, -0.2) is 4.79 Å². The second-order valence-corrected chi connectivity index (χ2v) is 3.41. The number of nitriles is 1. The molecule has 0 aliphatic heterocycles. The van der Waals surface area contributed by atoms with E-state index in [1.807, 2.05) is 6.07 Å². The molecule has 0 saturated carbocycles. The number of nitrogens with two attached hydrogens (primary N) is 1. The van der Waals surface area contributed by atoms with Crippen molar-refractivity contribution >= 4 is 17.6 Å². The molecule has 6 nitrogen and oxygen atoms in total. The zero-order valence-electron chi connectivity index (χ0n) is 9.23. The Morgan fingerprint density at radius 1 is 1.35 bits per heavy atom. The molecule has 0 saturated heterocycles. The number of anilines is 1. The molecule has 0 aliphatic carbocycles. The zero-order valence-corrected chi connectivity index (χ0v) is 9.23. The molecule has 1 rings (SSSR count). The van der Waals surface area contributed by atoms with E-state index in [4.69, 9.17) is 11.0 Å². The van der Waals surface area contributed by atoms with Gasteiger partial charge in [-0.1, -0.05) is 0 Å². The smallest absolute Gasteiger partial charge is 0.319 e. The minimum absolute atomic E-state index is 0.501. The summed E-state index contributed by atoms with van der Waals surface area (Å²) in [4.78, 5) is 22.1. The molecule has 1 unspecified atom stereocenters. The van der Waals surface area contributed by atoms with Gasteiger partial charge in [0, 0.05) is 5.69 Å². The number of nitrogens with one attached hydrogen (secondary N) is 2. The van der Waals surface area contributed by atoms with Crippen molar-refractivity contribution in [1.82, 2.24) is 5.32 Å². The van der Waals surface area contributed by atoms with Gasteiger partial charge in [-0.15, -0.1) is 0 Å². The van der Waals surface area contributed by atoms with Gasteiger partial charge in [-0.2, -0.15) is 5.26 Å². The summed E-state index contributed by atoms with van der Waals surface area (Å²) < 4.78 is 0. The van der Waals surface area contributed by atoms with Gasteiger partial charge in [0.2, 0.25) is 5.91 Å². The molecule has 0 aliphatic rings. The average Bonchev–Trinajstić information content (AvgIpc) is 2.29. The van der Waals surface area contributed by atoms with Crippen LogP contribution in [0.3, 0.4) is 0 Å². The Bertz CT molecular complexity index is 461. The highest BCUT2D eigenvalue weighted by molar-refractivity contribution is 5.93. The van der Waals surface area contributed by atoms with Crippen LogP contribution in [0.25, 0.3) is 0 Å². The highest BCUT2D eigenvalue weighted by atomic mass is 16.2. The van der Waals surface area contributed by atoms with Crippen LogP contribution in [0.1, 0.15) is 12.5 Å². The molecule has 0 bridgehead atoms. The maximum atomic E-state index is 11.4. The minimum atomic E-state index is -0.742. The van der Waals surface area contributed by atoms with Crippen molar-refractivity contribution in [1.29, 1.82) is 5.26 Å². The number of carbonyl (C=O) groups is 2. The summed E-state index contributed by atoms with van der Waals surface area (Å²) in [7, 11) is 0. The molecule has 1 aromatic rings. The maximum Gasteiger partial charge on any atom is 0.319 e. The van der Waals surface area contributed by atoms with Gasteiger partial charge in [0.15, 0.2) is 0 Å². The number of urea groups is 1. The molecule has 17 heavy (non-hydrogen) atoms. The van der Waals surface area contributed by atoms with Crippen LogP contribution in [0.5, 0.6) is 0 Å².